The first-order valence-electron chi connectivity index (χ1n) is 7.82. The van der Waals surface area contributed by atoms with Gasteiger partial charge in [0.2, 0.25) is 5.78 Å². The van der Waals surface area contributed by atoms with Gasteiger partial charge in [0.15, 0.2) is 6.10 Å². The van der Waals surface area contributed by atoms with E-state index in [4.69, 9.17) is 4.74 Å². The fraction of sp³-hybridized carbons (Fsp3) is 0.529. The summed E-state index contributed by atoms with van der Waals surface area (Å²) in [6.45, 7) is 4.59. The van der Waals surface area contributed by atoms with Crippen LogP contribution in [0.4, 0.5) is 0 Å². The van der Waals surface area contributed by atoms with Gasteiger partial charge in [0.25, 0.3) is 0 Å². The number of phenolic OH excluding ortho intramolecular Hbond substituents is 1. The van der Waals surface area contributed by atoms with Gasteiger partial charge in [0.1, 0.15) is 18.8 Å². The Hall–Kier alpha value is -1.88. The topological polar surface area (TPSA) is 63.6 Å². The van der Waals surface area contributed by atoms with Gasteiger partial charge in [0, 0.05) is 31.2 Å². The number of quaternary nitrogens is 1. The normalized spacial score (nSPS) is 30.0. The molecule has 2 bridgehead atoms. The highest BCUT2D eigenvalue weighted by atomic mass is 16.5. The van der Waals surface area contributed by atoms with Gasteiger partial charge in [-0.1, -0.05) is 0 Å². The molecule has 0 saturated carbocycles. The van der Waals surface area contributed by atoms with E-state index in [-0.39, 0.29) is 23.6 Å². The molecule has 0 radical (unpaired) electrons. The van der Waals surface area contributed by atoms with Crippen LogP contribution >= 0.6 is 0 Å². The molecule has 3 saturated heterocycles. The standard InChI is InChI=1S/C17H21NO4/c1-12(19)22-17-11-18(8-6-14(17)7-9-18)10-16(21)13-2-4-15(20)5-3-13/h2-5,14,17H,6-11H2,1H3/p+1/t14?,17-,18?/m0/s1. The Balaban J connectivity index is 1.71. The largest absolute Gasteiger partial charge is 0.508 e. The molecule has 0 aliphatic carbocycles. The fourth-order valence-electron chi connectivity index (χ4n) is 3.83. The number of nitrogens with zero attached hydrogens (tertiary/aromatic N) is 1. The van der Waals surface area contributed by atoms with Crippen molar-refractivity contribution in [1.29, 1.82) is 0 Å². The number of carbonyl (C=O) groups is 2. The molecule has 0 spiro atoms. The number of carbonyl (C=O) groups excluding carboxylic acids is 2. The SMILES string of the molecule is CC(=O)O[C@H]1C[N+]2(CC(=O)c3ccc(O)cc3)CCC1CC2. The number of benzene rings is 1. The van der Waals surface area contributed by atoms with Crippen molar-refractivity contribution in [2.45, 2.75) is 25.9 Å². The number of hydrogen-bond acceptors (Lipinski definition) is 4. The van der Waals surface area contributed by atoms with Gasteiger partial charge < -0.3 is 14.3 Å². The number of fused-ring (bicyclic) bond motifs is 3. The van der Waals surface area contributed by atoms with Crippen LogP contribution in [-0.2, 0) is 9.53 Å². The van der Waals surface area contributed by atoms with Crippen LogP contribution in [-0.4, -0.2) is 53.6 Å². The maximum absolute atomic E-state index is 12.5. The highest BCUT2D eigenvalue weighted by Crippen LogP contribution is 2.35. The van der Waals surface area contributed by atoms with E-state index < -0.39 is 0 Å². The van der Waals surface area contributed by atoms with Gasteiger partial charge in [-0.2, -0.15) is 0 Å². The first-order chi connectivity index (χ1) is 10.5. The summed E-state index contributed by atoms with van der Waals surface area (Å²) in [5, 5.41) is 9.32. The number of hydrogen-bond donors (Lipinski definition) is 1. The summed E-state index contributed by atoms with van der Waals surface area (Å²) in [5.41, 5.74) is 0.627. The van der Waals surface area contributed by atoms with Gasteiger partial charge >= 0.3 is 5.97 Å². The lowest BCUT2D eigenvalue weighted by Gasteiger charge is -2.51. The van der Waals surface area contributed by atoms with Crippen molar-refractivity contribution in [3.8, 4) is 5.75 Å². The molecule has 3 fully saturated rings. The second-order valence-electron chi connectivity index (χ2n) is 6.58. The monoisotopic (exact) mass is 304 g/mol. The minimum atomic E-state index is -0.234. The second kappa shape index (κ2) is 5.72. The lowest BCUT2D eigenvalue weighted by atomic mass is 9.83. The third kappa shape index (κ3) is 2.99. The quantitative estimate of drug-likeness (QED) is 0.523. The van der Waals surface area contributed by atoms with Crippen molar-refractivity contribution in [3.05, 3.63) is 29.8 Å². The molecular weight excluding hydrogens is 282 g/mol. The lowest BCUT2D eigenvalue weighted by molar-refractivity contribution is -0.938. The Bertz CT molecular complexity index is 573. The zero-order valence-electron chi connectivity index (χ0n) is 12.8. The molecule has 1 atom stereocenters. The molecular formula is C17H22NO4+. The molecule has 22 heavy (non-hydrogen) atoms. The first kappa shape index (κ1) is 15.0. The van der Waals surface area contributed by atoms with Crippen molar-refractivity contribution in [2.24, 2.45) is 5.92 Å². The zero-order chi connectivity index (χ0) is 15.7. The molecule has 0 unspecified atom stereocenters. The van der Waals surface area contributed by atoms with Gasteiger partial charge in [-0.3, -0.25) is 9.59 Å². The van der Waals surface area contributed by atoms with E-state index in [2.05, 4.69) is 0 Å². The maximum atomic E-state index is 12.5. The molecule has 1 N–H and O–H groups in total. The molecule has 4 rings (SSSR count). The molecule has 5 heteroatoms. The number of Topliss-reactive ketones (excluding diaryl/α,β-unsaturated/α-hetero) is 1. The number of piperidine rings is 3. The van der Waals surface area contributed by atoms with Crippen molar-refractivity contribution in [3.63, 3.8) is 0 Å². The average Bonchev–Trinajstić information content (AvgIpc) is 2.48. The van der Waals surface area contributed by atoms with Gasteiger partial charge in [-0.05, 0) is 24.3 Å². The fourth-order valence-corrected chi connectivity index (χ4v) is 3.83. The predicted octanol–water partition coefficient (Wildman–Crippen LogP) is 1.75. The van der Waals surface area contributed by atoms with Crippen LogP contribution in [0.3, 0.4) is 0 Å². The van der Waals surface area contributed by atoms with Gasteiger partial charge in [-0.25, -0.2) is 0 Å². The van der Waals surface area contributed by atoms with Crippen molar-refractivity contribution >= 4 is 11.8 Å². The smallest absolute Gasteiger partial charge is 0.303 e. The third-order valence-corrected chi connectivity index (χ3v) is 5.03. The Labute approximate surface area is 130 Å². The molecule has 0 aromatic heterocycles. The van der Waals surface area contributed by atoms with Crippen LogP contribution in [0.25, 0.3) is 0 Å². The second-order valence-corrected chi connectivity index (χ2v) is 6.58. The van der Waals surface area contributed by atoms with Crippen LogP contribution < -0.4 is 0 Å². The summed E-state index contributed by atoms with van der Waals surface area (Å²) in [5.74, 6) is 0.466. The van der Waals surface area contributed by atoms with Crippen molar-refractivity contribution in [2.75, 3.05) is 26.2 Å². The average molecular weight is 304 g/mol. The van der Waals surface area contributed by atoms with Gasteiger partial charge in [-0.15, -0.1) is 0 Å². The maximum Gasteiger partial charge on any atom is 0.303 e. The van der Waals surface area contributed by atoms with E-state index in [1.165, 1.54) is 19.1 Å². The van der Waals surface area contributed by atoms with E-state index in [9.17, 15) is 14.7 Å². The molecule has 1 aromatic carbocycles. The number of ether oxygens (including phenoxy) is 1. The van der Waals surface area contributed by atoms with Crippen molar-refractivity contribution < 1.29 is 23.9 Å². The molecule has 118 valence electrons. The Morgan fingerprint density at radius 1 is 1.23 bits per heavy atom. The number of phenols is 1. The summed E-state index contributed by atoms with van der Waals surface area (Å²) in [7, 11) is 0. The van der Waals surface area contributed by atoms with Crippen LogP contribution in [0.2, 0.25) is 0 Å². The molecule has 5 nitrogen and oxygen atoms in total. The molecule has 3 aliphatic rings. The van der Waals surface area contributed by atoms with Gasteiger partial charge in [0.05, 0.1) is 13.1 Å². The number of rotatable bonds is 4. The van der Waals surface area contributed by atoms with Crippen LogP contribution in [0, 0.1) is 5.92 Å². The van der Waals surface area contributed by atoms with Crippen LogP contribution in [0.1, 0.15) is 30.1 Å². The summed E-state index contributed by atoms with van der Waals surface area (Å²) >= 11 is 0. The Morgan fingerprint density at radius 3 is 2.45 bits per heavy atom. The summed E-state index contributed by atoms with van der Waals surface area (Å²) < 4.78 is 6.17. The van der Waals surface area contributed by atoms with E-state index >= 15 is 0 Å². The van der Waals surface area contributed by atoms with E-state index in [1.807, 2.05) is 0 Å². The third-order valence-electron chi connectivity index (χ3n) is 5.03. The number of aromatic hydroxyl groups is 1. The summed E-state index contributed by atoms with van der Waals surface area (Å²) in [6, 6.07) is 6.40. The molecule has 0 amide bonds. The minimum Gasteiger partial charge on any atom is -0.508 e. The minimum absolute atomic E-state index is 0.0485. The predicted molar refractivity (Wildman–Crippen MR) is 80.4 cm³/mol. The molecule has 3 heterocycles. The summed E-state index contributed by atoms with van der Waals surface area (Å²) in [6.07, 6.45) is 1.98. The highest BCUT2D eigenvalue weighted by molar-refractivity contribution is 5.97. The first-order valence-corrected chi connectivity index (χ1v) is 7.82. The van der Waals surface area contributed by atoms with E-state index in [0.717, 1.165) is 32.5 Å². The Morgan fingerprint density at radius 2 is 1.86 bits per heavy atom. The highest BCUT2D eigenvalue weighted by Gasteiger charge is 2.48. The number of ketones is 1. The molecule has 1 aromatic rings. The zero-order valence-corrected chi connectivity index (χ0v) is 12.8. The Kier molecular flexibility index (Phi) is 3.91. The van der Waals surface area contributed by atoms with E-state index in [1.54, 1.807) is 12.1 Å². The lowest BCUT2D eigenvalue weighted by Crippen LogP contribution is -2.65. The summed E-state index contributed by atoms with van der Waals surface area (Å²) in [4.78, 5) is 23.8. The van der Waals surface area contributed by atoms with E-state index in [0.29, 0.717) is 22.5 Å². The van der Waals surface area contributed by atoms with Crippen molar-refractivity contribution in [1.82, 2.24) is 0 Å². The van der Waals surface area contributed by atoms with Crippen LogP contribution in [0.15, 0.2) is 24.3 Å². The van der Waals surface area contributed by atoms with Crippen LogP contribution in [0.5, 0.6) is 5.75 Å². The number of esters is 1. The molecule has 3 aliphatic heterocycles.